The largest absolute Gasteiger partial charge is 0.493 e. The Bertz CT molecular complexity index is 636. The van der Waals surface area contributed by atoms with Gasteiger partial charge in [-0.3, -0.25) is 10.2 Å². The fraction of sp³-hybridized carbons (Fsp3) is 0.619. The summed E-state index contributed by atoms with van der Waals surface area (Å²) in [5.41, 5.74) is 10.1. The van der Waals surface area contributed by atoms with Crippen LogP contribution in [0, 0.1) is 5.92 Å². The predicted molar refractivity (Wildman–Crippen MR) is 112 cm³/mol. The number of rotatable bonds is 12. The van der Waals surface area contributed by atoms with E-state index in [1.54, 1.807) is 20.4 Å². The van der Waals surface area contributed by atoms with Gasteiger partial charge in [0.15, 0.2) is 11.5 Å². The van der Waals surface area contributed by atoms with Gasteiger partial charge in [-0.1, -0.05) is 45.1 Å². The second-order valence-corrected chi connectivity index (χ2v) is 7.11. The van der Waals surface area contributed by atoms with Crippen LogP contribution in [0.15, 0.2) is 23.3 Å². The van der Waals surface area contributed by atoms with Crippen LogP contribution in [0.25, 0.3) is 0 Å². The molecular formula is C21H34N4O3. The Labute approximate surface area is 168 Å². The van der Waals surface area contributed by atoms with Crippen molar-refractivity contribution in [3.05, 3.63) is 23.8 Å². The molecule has 1 saturated heterocycles. The minimum atomic E-state index is -0.0201. The summed E-state index contributed by atoms with van der Waals surface area (Å²) in [4.78, 5) is 11.9. The molecule has 7 heteroatoms. The van der Waals surface area contributed by atoms with Crippen LogP contribution in [0.1, 0.15) is 63.5 Å². The number of nitrogens with zero attached hydrogens (tertiary/aromatic N) is 1. The number of ether oxygens (including phenoxy) is 2. The molecule has 28 heavy (non-hydrogen) atoms. The Hall–Kier alpha value is -2.12. The molecule has 7 nitrogen and oxygen atoms in total. The molecule has 2 unspecified atom stereocenters. The fourth-order valence-electron chi connectivity index (χ4n) is 3.35. The van der Waals surface area contributed by atoms with Gasteiger partial charge in [-0.2, -0.15) is 5.10 Å². The standard InChI is InChI=1S/C21H34N4O3/c1-4-5-6-7-8-9-10-20(26)24-22-14-17-15-23-25-21(17)16-11-12-18(27-2)19(13-16)28-3/h11-14,17,21,23,25H,4-10,15H2,1-3H3,(H,24,26)/b22-14+. The number of methoxy groups -OCH3 is 2. The van der Waals surface area contributed by atoms with Crippen LogP contribution in [0.5, 0.6) is 11.5 Å². The van der Waals surface area contributed by atoms with Crippen molar-refractivity contribution in [1.82, 2.24) is 16.3 Å². The third-order valence-electron chi connectivity index (χ3n) is 5.00. The summed E-state index contributed by atoms with van der Waals surface area (Å²) < 4.78 is 10.7. The van der Waals surface area contributed by atoms with Crippen LogP contribution in [0.3, 0.4) is 0 Å². The van der Waals surface area contributed by atoms with Gasteiger partial charge in [0.25, 0.3) is 0 Å². The van der Waals surface area contributed by atoms with Gasteiger partial charge in [0.05, 0.1) is 20.3 Å². The number of unbranched alkanes of at least 4 members (excludes halogenated alkanes) is 5. The highest BCUT2D eigenvalue weighted by Gasteiger charge is 2.27. The van der Waals surface area contributed by atoms with E-state index in [0.29, 0.717) is 17.9 Å². The third kappa shape index (κ3) is 6.80. The second-order valence-electron chi connectivity index (χ2n) is 7.11. The van der Waals surface area contributed by atoms with E-state index in [1.807, 2.05) is 18.2 Å². The van der Waals surface area contributed by atoms with E-state index in [2.05, 4.69) is 28.3 Å². The molecule has 1 fully saturated rings. The van der Waals surface area contributed by atoms with Crippen molar-refractivity contribution in [3.63, 3.8) is 0 Å². The molecule has 0 spiro atoms. The highest BCUT2D eigenvalue weighted by Crippen LogP contribution is 2.32. The first kappa shape index (κ1) is 22.2. The molecule has 1 aromatic rings. The first-order valence-corrected chi connectivity index (χ1v) is 10.2. The molecule has 0 radical (unpaired) electrons. The lowest BCUT2D eigenvalue weighted by atomic mass is 9.95. The number of amides is 1. The number of nitrogens with one attached hydrogen (secondary N) is 3. The van der Waals surface area contributed by atoms with Gasteiger partial charge >= 0.3 is 0 Å². The maximum Gasteiger partial charge on any atom is 0.240 e. The molecule has 0 aliphatic carbocycles. The summed E-state index contributed by atoms with van der Waals surface area (Å²) in [5, 5.41) is 4.17. The summed E-state index contributed by atoms with van der Waals surface area (Å²) in [7, 11) is 3.25. The summed E-state index contributed by atoms with van der Waals surface area (Å²) >= 11 is 0. The quantitative estimate of drug-likeness (QED) is 0.290. The van der Waals surface area contributed by atoms with Crippen LogP contribution >= 0.6 is 0 Å². The summed E-state index contributed by atoms with van der Waals surface area (Å²) in [6, 6.07) is 5.90. The molecule has 1 aromatic carbocycles. The molecule has 3 N–H and O–H groups in total. The summed E-state index contributed by atoms with van der Waals surface area (Å²) in [6.45, 7) is 2.94. The van der Waals surface area contributed by atoms with Gasteiger partial charge < -0.3 is 9.47 Å². The monoisotopic (exact) mass is 390 g/mol. The Balaban J connectivity index is 1.80. The van der Waals surface area contributed by atoms with Crippen molar-refractivity contribution in [3.8, 4) is 11.5 Å². The van der Waals surface area contributed by atoms with Crippen molar-refractivity contribution >= 4 is 12.1 Å². The zero-order valence-electron chi connectivity index (χ0n) is 17.3. The number of hydrogen-bond donors (Lipinski definition) is 3. The maximum absolute atomic E-state index is 11.9. The molecule has 2 atom stereocenters. The molecule has 1 heterocycles. The second kappa shape index (κ2) is 12.4. The van der Waals surface area contributed by atoms with Crippen molar-refractivity contribution in [2.75, 3.05) is 20.8 Å². The zero-order chi connectivity index (χ0) is 20.2. The molecule has 1 amide bonds. The van der Waals surface area contributed by atoms with Gasteiger partial charge in [-0.25, -0.2) is 10.9 Å². The number of benzene rings is 1. The predicted octanol–water partition coefficient (Wildman–Crippen LogP) is 3.32. The Morgan fingerprint density at radius 3 is 2.68 bits per heavy atom. The summed E-state index contributed by atoms with van der Waals surface area (Å²) in [5.74, 6) is 1.49. The SMILES string of the molecule is CCCCCCCCC(=O)N/N=C/C1CNNC1c1ccc(OC)c(OC)c1. The minimum absolute atomic E-state index is 0.0201. The van der Waals surface area contributed by atoms with Crippen molar-refractivity contribution in [2.24, 2.45) is 11.0 Å². The Kier molecular flexibility index (Phi) is 9.79. The first-order chi connectivity index (χ1) is 13.7. The number of hydrazone groups is 1. The Morgan fingerprint density at radius 2 is 1.93 bits per heavy atom. The lowest BCUT2D eigenvalue weighted by Crippen LogP contribution is -2.25. The average molecular weight is 391 g/mol. The fourth-order valence-corrected chi connectivity index (χ4v) is 3.35. The van der Waals surface area contributed by atoms with E-state index in [9.17, 15) is 4.79 Å². The first-order valence-electron chi connectivity index (χ1n) is 10.2. The lowest BCUT2D eigenvalue weighted by molar-refractivity contribution is -0.121. The normalized spacial score (nSPS) is 19.1. The van der Waals surface area contributed by atoms with E-state index >= 15 is 0 Å². The number of hydrazine groups is 1. The molecule has 0 saturated carbocycles. The average Bonchev–Trinajstić information content (AvgIpc) is 3.18. The van der Waals surface area contributed by atoms with Gasteiger partial charge in [0.2, 0.25) is 5.91 Å². The smallest absolute Gasteiger partial charge is 0.240 e. The van der Waals surface area contributed by atoms with Gasteiger partial charge in [0, 0.05) is 25.1 Å². The minimum Gasteiger partial charge on any atom is -0.493 e. The zero-order valence-corrected chi connectivity index (χ0v) is 17.3. The van der Waals surface area contributed by atoms with Crippen molar-refractivity contribution in [2.45, 2.75) is 57.9 Å². The molecule has 0 aromatic heterocycles. The summed E-state index contributed by atoms with van der Waals surface area (Å²) in [6.07, 6.45) is 9.34. The molecule has 1 aliphatic heterocycles. The third-order valence-corrected chi connectivity index (χ3v) is 5.00. The van der Waals surface area contributed by atoms with Gasteiger partial charge in [-0.15, -0.1) is 0 Å². The Morgan fingerprint density at radius 1 is 1.18 bits per heavy atom. The maximum atomic E-state index is 11.9. The van der Waals surface area contributed by atoms with E-state index in [-0.39, 0.29) is 17.9 Å². The molecule has 0 bridgehead atoms. The van der Waals surface area contributed by atoms with Crippen LogP contribution in [0.4, 0.5) is 0 Å². The lowest BCUT2D eigenvalue weighted by Gasteiger charge is -2.17. The topological polar surface area (TPSA) is 84.0 Å². The molecule has 1 aliphatic rings. The van der Waals surface area contributed by atoms with E-state index in [0.717, 1.165) is 24.9 Å². The van der Waals surface area contributed by atoms with Gasteiger partial charge in [-0.05, 0) is 24.1 Å². The van der Waals surface area contributed by atoms with E-state index in [4.69, 9.17) is 9.47 Å². The number of carbonyl (C=O) groups excluding carboxylic acids is 1. The molecular weight excluding hydrogens is 356 g/mol. The molecule has 2 rings (SSSR count). The van der Waals surface area contributed by atoms with E-state index in [1.165, 1.54) is 25.7 Å². The van der Waals surface area contributed by atoms with Crippen LogP contribution in [-0.4, -0.2) is 32.9 Å². The van der Waals surface area contributed by atoms with E-state index < -0.39 is 0 Å². The van der Waals surface area contributed by atoms with Crippen LogP contribution in [0.2, 0.25) is 0 Å². The number of carbonyl (C=O) groups is 1. The van der Waals surface area contributed by atoms with Gasteiger partial charge in [0.1, 0.15) is 0 Å². The highest BCUT2D eigenvalue weighted by atomic mass is 16.5. The van der Waals surface area contributed by atoms with Crippen LogP contribution < -0.4 is 25.8 Å². The van der Waals surface area contributed by atoms with Crippen molar-refractivity contribution < 1.29 is 14.3 Å². The van der Waals surface area contributed by atoms with Crippen molar-refractivity contribution in [1.29, 1.82) is 0 Å². The highest BCUT2D eigenvalue weighted by molar-refractivity contribution is 5.77. The molecule has 156 valence electrons. The number of hydrogen-bond acceptors (Lipinski definition) is 6. The van der Waals surface area contributed by atoms with Crippen LogP contribution in [-0.2, 0) is 4.79 Å².